The first-order chi connectivity index (χ1) is 8.78. The second-order valence-corrected chi connectivity index (χ2v) is 4.64. The van der Waals surface area contributed by atoms with Gasteiger partial charge in [0.1, 0.15) is 0 Å². The topological polar surface area (TPSA) is 64.3 Å². The van der Waals surface area contributed by atoms with E-state index in [0.29, 0.717) is 19.5 Å². The van der Waals surface area contributed by atoms with Gasteiger partial charge in [0.15, 0.2) is 0 Å². The first-order valence-electron chi connectivity index (χ1n) is 6.44. The first-order valence-corrected chi connectivity index (χ1v) is 6.44. The lowest BCUT2D eigenvalue weighted by Crippen LogP contribution is -2.26. The highest BCUT2D eigenvalue weighted by molar-refractivity contribution is 5.76. The molecule has 1 heterocycles. The monoisotopic (exact) mass is 248 g/mol. The number of amides is 1. The third kappa shape index (κ3) is 3.82. The number of benzene rings is 1. The lowest BCUT2D eigenvalue weighted by Gasteiger charge is -2.10. The molecule has 1 aliphatic rings. The van der Waals surface area contributed by atoms with Crippen LogP contribution in [-0.4, -0.2) is 18.6 Å². The van der Waals surface area contributed by atoms with Crippen molar-refractivity contribution in [1.29, 1.82) is 0 Å². The molecule has 1 aromatic rings. The van der Waals surface area contributed by atoms with Gasteiger partial charge in [-0.2, -0.15) is 0 Å². The molecule has 0 saturated carbocycles. The predicted octanol–water partition coefficient (Wildman–Crippen LogP) is 1.33. The van der Waals surface area contributed by atoms with E-state index in [1.165, 1.54) is 0 Å². The summed E-state index contributed by atoms with van der Waals surface area (Å²) in [6, 6.07) is 7.96. The molecule has 0 aliphatic carbocycles. The van der Waals surface area contributed by atoms with Crippen LogP contribution in [0, 0.1) is 0 Å². The molecule has 4 nitrogen and oxygen atoms in total. The summed E-state index contributed by atoms with van der Waals surface area (Å²) in [5, 5.41) is 2.91. The maximum absolute atomic E-state index is 11.7. The highest BCUT2D eigenvalue weighted by atomic mass is 16.5. The summed E-state index contributed by atoms with van der Waals surface area (Å²) in [4.78, 5) is 11.7. The van der Waals surface area contributed by atoms with Crippen molar-refractivity contribution in [2.24, 2.45) is 5.73 Å². The second kappa shape index (κ2) is 6.52. The van der Waals surface area contributed by atoms with Crippen LogP contribution in [0.4, 0.5) is 0 Å². The van der Waals surface area contributed by atoms with Gasteiger partial charge in [0, 0.05) is 19.7 Å². The van der Waals surface area contributed by atoms with Gasteiger partial charge >= 0.3 is 0 Å². The maximum Gasteiger partial charge on any atom is 0.222 e. The molecule has 1 amide bonds. The molecule has 1 aromatic carbocycles. The highest BCUT2D eigenvalue weighted by Crippen LogP contribution is 2.15. The zero-order valence-corrected chi connectivity index (χ0v) is 10.5. The van der Waals surface area contributed by atoms with Gasteiger partial charge in [-0.3, -0.25) is 4.79 Å². The quantitative estimate of drug-likeness (QED) is 0.826. The minimum absolute atomic E-state index is 0.0600. The first kappa shape index (κ1) is 13.1. The average molecular weight is 248 g/mol. The van der Waals surface area contributed by atoms with Crippen LogP contribution in [0.25, 0.3) is 0 Å². The van der Waals surface area contributed by atoms with Crippen molar-refractivity contribution in [3.63, 3.8) is 0 Å². The summed E-state index contributed by atoms with van der Waals surface area (Å²) >= 11 is 0. The summed E-state index contributed by atoms with van der Waals surface area (Å²) in [5.74, 6) is 0.0600. The highest BCUT2D eigenvalue weighted by Gasteiger charge is 2.18. The van der Waals surface area contributed by atoms with Crippen LogP contribution in [0.3, 0.4) is 0 Å². The molecule has 0 aromatic heterocycles. The van der Waals surface area contributed by atoms with Gasteiger partial charge in [-0.05, 0) is 24.0 Å². The molecule has 0 bridgehead atoms. The third-order valence-electron chi connectivity index (χ3n) is 3.19. The van der Waals surface area contributed by atoms with E-state index in [0.717, 1.165) is 30.6 Å². The molecule has 1 unspecified atom stereocenters. The maximum atomic E-state index is 11.7. The van der Waals surface area contributed by atoms with Gasteiger partial charge in [0.05, 0.1) is 12.5 Å². The van der Waals surface area contributed by atoms with E-state index in [1.807, 2.05) is 24.3 Å². The molecule has 1 aliphatic heterocycles. The van der Waals surface area contributed by atoms with E-state index in [-0.39, 0.29) is 12.0 Å². The molecule has 4 heteroatoms. The smallest absolute Gasteiger partial charge is 0.222 e. The van der Waals surface area contributed by atoms with Crippen LogP contribution in [0.2, 0.25) is 0 Å². The predicted molar refractivity (Wildman–Crippen MR) is 69.8 cm³/mol. The van der Waals surface area contributed by atoms with Gasteiger partial charge in [-0.25, -0.2) is 0 Å². The largest absolute Gasteiger partial charge is 0.378 e. The van der Waals surface area contributed by atoms with Gasteiger partial charge in [-0.1, -0.05) is 24.3 Å². The normalized spacial score (nSPS) is 18.8. The van der Waals surface area contributed by atoms with E-state index in [1.54, 1.807) is 0 Å². The van der Waals surface area contributed by atoms with E-state index in [4.69, 9.17) is 10.5 Å². The lowest BCUT2D eigenvalue weighted by atomic mass is 10.1. The molecular weight excluding hydrogens is 228 g/mol. The van der Waals surface area contributed by atoms with Crippen molar-refractivity contribution in [2.45, 2.75) is 38.5 Å². The SMILES string of the molecule is NCc1ccc(CNC(=O)CC2CCCO2)cc1. The van der Waals surface area contributed by atoms with Crippen LogP contribution in [0.1, 0.15) is 30.4 Å². The zero-order valence-electron chi connectivity index (χ0n) is 10.5. The molecule has 0 radical (unpaired) electrons. The van der Waals surface area contributed by atoms with Gasteiger partial charge < -0.3 is 15.8 Å². The third-order valence-corrected chi connectivity index (χ3v) is 3.19. The van der Waals surface area contributed by atoms with E-state index in [9.17, 15) is 4.79 Å². The molecule has 1 atom stereocenters. The average Bonchev–Trinajstić information content (AvgIpc) is 2.90. The number of carbonyl (C=O) groups excluding carboxylic acids is 1. The van der Waals surface area contributed by atoms with Gasteiger partial charge in [-0.15, -0.1) is 0 Å². The Labute approximate surface area is 108 Å². The number of rotatable bonds is 5. The van der Waals surface area contributed by atoms with Crippen molar-refractivity contribution >= 4 is 5.91 Å². The summed E-state index contributed by atoms with van der Waals surface area (Å²) < 4.78 is 5.43. The van der Waals surface area contributed by atoms with E-state index < -0.39 is 0 Å². The minimum Gasteiger partial charge on any atom is -0.378 e. The summed E-state index contributed by atoms with van der Waals surface area (Å²) in [6.07, 6.45) is 2.66. The molecule has 2 rings (SSSR count). The Balaban J connectivity index is 1.74. The standard InChI is InChI=1S/C14H20N2O2/c15-9-11-3-5-12(6-4-11)10-16-14(17)8-13-2-1-7-18-13/h3-6,13H,1-2,7-10,15H2,(H,16,17). The van der Waals surface area contributed by atoms with E-state index in [2.05, 4.69) is 5.32 Å². The molecular formula is C14H20N2O2. The molecule has 1 saturated heterocycles. The Morgan fingerprint density at radius 1 is 1.33 bits per heavy atom. The van der Waals surface area contributed by atoms with Crippen LogP contribution in [0.5, 0.6) is 0 Å². The molecule has 1 fully saturated rings. The van der Waals surface area contributed by atoms with Gasteiger partial charge in [0.25, 0.3) is 0 Å². The fraction of sp³-hybridized carbons (Fsp3) is 0.500. The van der Waals surface area contributed by atoms with Gasteiger partial charge in [0.2, 0.25) is 5.91 Å². The van der Waals surface area contributed by atoms with Crippen molar-refractivity contribution in [3.8, 4) is 0 Å². The second-order valence-electron chi connectivity index (χ2n) is 4.64. The minimum atomic E-state index is 0.0600. The number of ether oxygens (including phenoxy) is 1. The van der Waals surface area contributed by atoms with Crippen molar-refractivity contribution in [2.75, 3.05) is 6.61 Å². The number of hydrogen-bond acceptors (Lipinski definition) is 3. The fourth-order valence-corrected chi connectivity index (χ4v) is 2.08. The Hall–Kier alpha value is -1.39. The summed E-state index contributed by atoms with van der Waals surface area (Å²) in [6.45, 7) is 1.90. The van der Waals surface area contributed by atoms with Crippen molar-refractivity contribution in [1.82, 2.24) is 5.32 Å². The Morgan fingerprint density at radius 2 is 2.06 bits per heavy atom. The Bertz CT molecular complexity index is 383. The molecule has 0 spiro atoms. The van der Waals surface area contributed by atoms with E-state index >= 15 is 0 Å². The number of hydrogen-bond donors (Lipinski definition) is 2. The van der Waals surface area contributed by atoms with Crippen molar-refractivity contribution in [3.05, 3.63) is 35.4 Å². The Morgan fingerprint density at radius 3 is 2.67 bits per heavy atom. The number of carbonyl (C=O) groups is 1. The molecule has 3 N–H and O–H groups in total. The van der Waals surface area contributed by atoms with Crippen LogP contribution in [0.15, 0.2) is 24.3 Å². The number of nitrogens with one attached hydrogen (secondary N) is 1. The summed E-state index contributed by atoms with van der Waals surface area (Å²) in [5.41, 5.74) is 7.72. The van der Waals surface area contributed by atoms with Crippen molar-refractivity contribution < 1.29 is 9.53 Å². The lowest BCUT2D eigenvalue weighted by molar-refractivity contribution is -0.123. The summed E-state index contributed by atoms with van der Waals surface area (Å²) in [7, 11) is 0. The fourth-order valence-electron chi connectivity index (χ4n) is 2.08. The number of nitrogens with two attached hydrogens (primary N) is 1. The van der Waals surface area contributed by atoms with Crippen LogP contribution < -0.4 is 11.1 Å². The molecule has 18 heavy (non-hydrogen) atoms. The van der Waals surface area contributed by atoms with Crippen LogP contribution >= 0.6 is 0 Å². The zero-order chi connectivity index (χ0) is 12.8. The van der Waals surface area contributed by atoms with Crippen LogP contribution in [-0.2, 0) is 22.6 Å². The molecule has 98 valence electrons. The Kier molecular flexibility index (Phi) is 4.73.